The molecule has 2 N–H and O–H groups in total. The van der Waals surface area contributed by atoms with Gasteiger partial charge >= 0.3 is 5.97 Å². The van der Waals surface area contributed by atoms with Crippen LogP contribution in [-0.4, -0.2) is 18.1 Å². The van der Waals surface area contributed by atoms with Crippen molar-refractivity contribution in [2.24, 2.45) is 0 Å². The number of nitrogens with two attached hydrogens (primary N) is 1. The molecule has 16 heavy (non-hydrogen) atoms. The summed E-state index contributed by atoms with van der Waals surface area (Å²) >= 11 is 3.03. The largest absolute Gasteiger partial charge is 0.469 e. The van der Waals surface area contributed by atoms with Crippen molar-refractivity contribution in [1.82, 2.24) is 4.98 Å². The van der Waals surface area contributed by atoms with E-state index in [1.165, 1.54) is 7.11 Å². The summed E-state index contributed by atoms with van der Waals surface area (Å²) < 4.78 is 29.5. The van der Waals surface area contributed by atoms with Gasteiger partial charge in [0.1, 0.15) is 0 Å². The summed E-state index contributed by atoms with van der Waals surface area (Å²) in [5.74, 6) is -0.516. The highest BCUT2D eigenvalue weighted by Gasteiger charge is 2.18. The molecule has 0 atom stereocenters. The SMILES string of the molecule is COC(=O)Cc1ncc(C(F)F)c(N)c1Br. The minimum atomic E-state index is -2.70. The van der Waals surface area contributed by atoms with Crippen molar-refractivity contribution in [3.8, 4) is 0 Å². The first-order valence-electron chi connectivity index (χ1n) is 4.25. The molecule has 0 fully saturated rings. The monoisotopic (exact) mass is 294 g/mol. The number of halogens is 3. The second kappa shape index (κ2) is 5.20. The number of nitrogen functional groups attached to an aromatic ring is 1. The number of hydrogen-bond donors (Lipinski definition) is 1. The summed E-state index contributed by atoms with van der Waals surface area (Å²) in [4.78, 5) is 14.7. The van der Waals surface area contributed by atoms with Gasteiger partial charge in [0.2, 0.25) is 0 Å². The third-order valence-electron chi connectivity index (χ3n) is 1.93. The summed E-state index contributed by atoms with van der Waals surface area (Å²) in [7, 11) is 1.23. The number of alkyl halides is 2. The predicted octanol–water partition coefficient (Wildman–Crippen LogP) is 2.08. The average Bonchev–Trinajstić information content (AvgIpc) is 2.24. The number of hydrogen-bond acceptors (Lipinski definition) is 4. The molecule has 1 rings (SSSR count). The third-order valence-corrected chi connectivity index (χ3v) is 2.82. The molecule has 0 saturated carbocycles. The normalized spacial score (nSPS) is 10.6. The van der Waals surface area contributed by atoms with Gasteiger partial charge in [-0.25, -0.2) is 8.78 Å². The Labute approximate surface area is 98.9 Å². The van der Waals surface area contributed by atoms with E-state index in [9.17, 15) is 13.6 Å². The van der Waals surface area contributed by atoms with E-state index in [0.717, 1.165) is 6.20 Å². The van der Waals surface area contributed by atoms with E-state index < -0.39 is 12.4 Å². The maximum Gasteiger partial charge on any atom is 0.311 e. The first kappa shape index (κ1) is 12.8. The van der Waals surface area contributed by atoms with Crippen LogP contribution in [0.4, 0.5) is 14.5 Å². The molecule has 0 aromatic carbocycles. The Kier molecular flexibility index (Phi) is 4.17. The maximum absolute atomic E-state index is 12.4. The maximum atomic E-state index is 12.4. The highest BCUT2D eigenvalue weighted by Crippen LogP contribution is 2.32. The van der Waals surface area contributed by atoms with Crippen LogP contribution >= 0.6 is 15.9 Å². The van der Waals surface area contributed by atoms with Crippen LogP contribution in [-0.2, 0) is 16.0 Å². The molecule has 0 aliphatic heterocycles. The molecule has 0 aliphatic carbocycles. The lowest BCUT2D eigenvalue weighted by Crippen LogP contribution is -2.09. The van der Waals surface area contributed by atoms with Crippen molar-refractivity contribution in [1.29, 1.82) is 0 Å². The average molecular weight is 295 g/mol. The Balaban J connectivity index is 3.07. The van der Waals surface area contributed by atoms with Crippen LogP contribution in [0.25, 0.3) is 0 Å². The molecule has 1 heterocycles. The predicted molar refractivity (Wildman–Crippen MR) is 57.0 cm³/mol. The Bertz CT molecular complexity index is 413. The molecule has 0 saturated heterocycles. The number of rotatable bonds is 3. The van der Waals surface area contributed by atoms with Crippen molar-refractivity contribution < 1.29 is 18.3 Å². The number of carbonyl (C=O) groups is 1. The number of carbonyl (C=O) groups excluding carboxylic acids is 1. The molecule has 0 amide bonds. The van der Waals surface area contributed by atoms with Gasteiger partial charge in [0.05, 0.1) is 34.9 Å². The van der Waals surface area contributed by atoms with E-state index in [0.29, 0.717) is 0 Å². The van der Waals surface area contributed by atoms with Crippen molar-refractivity contribution in [3.05, 3.63) is 21.9 Å². The summed E-state index contributed by atoms with van der Waals surface area (Å²) in [6.07, 6.45) is -1.86. The van der Waals surface area contributed by atoms with E-state index in [4.69, 9.17) is 5.73 Å². The smallest absolute Gasteiger partial charge is 0.311 e. The minimum Gasteiger partial charge on any atom is -0.469 e. The van der Waals surface area contributed by atoms with Crippen LogP contribution in [0, 0.1) is 0 Å². The van der Waals surface area contributed by atoms with Gasteiger partial charge in [0, 0.05) is 6.20 Å². The number of pyridine rings is 1. The molecule has 1 aromatic rings. The Hall–Kier alpha value is -1.24. The molecule has 0 radical (unpaired) electrons. The molecule has 1 aromatic heterocycles. The molecular weight excluding hydrogens is 286 g/mol. The summed E-state index contributed by atoms with van der Waals surface area (Å²) in [6, 6.07) is 0. The lowest BCUT2D eigenvalue weighted by molar-refractivity contribution is -0.139. The van der Waals surface area contributed by atoms with Crippen molar-refractivity contribution in [3.63, 3.8) is 0 Å². The van der Waals surface area contributed by atoms with Gasteiger partial charge < -0.3 is 10.5 Å². The molecule has 7 heteroatoms. The summed E-state index contributed by atoms with van der Waals surface area (Å²) in [6.45, 7) is 0. The number of methoxy groups -OCH3 is 1. The van der Waals surface area contributed by atoms with Crippen molar-refractivity contribution in [2.75, 3.05) is 12.8 Å². The third kappa shape index (κ3) is 2.66. The van der Waals surface area contributed by atoms with Crippen molar-refractivity contribution >= 4 is 27.6 Å². The quantitative estimate of drug-likeness (QED) is 0.867. The van der Waals surface area contributed by atoms with Crippen LogP contribution in [0.15, 0.2) is 10.7 Å². The topological polar surface area (TPSA) is 65.2 Å². The zero-order valence-corrected chi connectivity index (χ0v) is 9.92. The van der Waals surface area contributed by atoms with Gasteiger partial charge in [-0.05, 0) is 15.9 Å². The van der Waals surface area contributed by atoms with Crippen LogP contribution in [0.5, 0.6) is 0 Å². The first-order valence-corrected chi connectivity index (χ1v) is 5.04. The molecule has 0 spiro atoms. The molecule has 0 aliphatic rings. The van der Waals surface area contributed by atoms with Gasteiger partial charge in [0.25, 0.3) is 6.43 Å². The zero-order chi connectivity index (χ0) is 12.3. The Morgan fingerprint density at radius 2 is 2.31 bits per heavy atom. The fourth-order valence-corrected chi connectivity index (χ4v) is 1.53. The highest BCUT2D eigenvalue weighted by atomic mass is 79.9. The van der Waals surface area contributed by atoms with Crippen LogP contribution in [0.1, 0.15) is 17.7 Å². The number of nitrogens with zero attached hydrogens (tertiary/aromatic N) is 1. The minimum absolute atomic E-state index is 0.107. The van der Waals surface area contributed by atoms with E-state index in [1.54, 1.807) is 0 Å². The van der Waals surface area contributed by atoms with E-state index >= 15 is 0 Å². The van der Waals surface area contributed by atoms with Gasteiger partial charge in [-0.2, -0.15) is 0 Å². The number of anilines is 1. The first-order chi connectivity index (χ1) is 7.47. The molecule has 0 bridgehead atoms. The zero-order valence-electron chi connectivity index (χ0n) is 8.34. The standard InChI is InChI=1S/C9H9BrF2N2O2/c1-16-6(15)2-5-7(10)8(13)4(3-14-5)9(11)12/h3,9H,2H2,1H3,(H2,13,14). The van der Waals surface area contributed by atoms with Crippen LogP contribution < -0.4 is 5.73 Å². The fourth-order valence-electron chi connectivity index (χ4n) is 1.06. The van der Waals surface area contributed by atoms with Gasteiger partial charge in [-0.15, -0.1) is 0 Å². The number of ether oxygens (including phenoxy) is 1. The molecule has 0 unspecified atom stereocenters. The van der Waals surface area contributed by atoms with Crippen molar-refractivity contribution in [2.45, 2.75) is 12.8 Å². The number of aromatic nitrogens is 1. The van der Waals surface area contributed by atoms with Crippen LogP contribution in [0.2, 0.25) is 0 Å². The van der Waals surface area contributed by atoms with Crippen LogP contribution in [0.3, 0.4) is 0 Å². The molecule has 4 nitrogen and oxygen atoms in total. The molecule has 88 valence electrons. The Morgan fingerprint density at radius 3 is 2.81 bits per heavy atom. The van der Waals surface area contributed by atoms with Gasteiger partial charge in [-0.1, -0.05) is 0 Å². The second-order valence-corrected chi connectivity index (χ2v) is 3.73. The lowest BCUT2D eigenvalue weighted by atomic mass is 10.2. The van der Waals surface area contributed by atoms with Gasteiger partial charge in [0.15, 0.2) is 0 Å². The summed E-state index contributed by atoms with van der Waals surface area (Å²) in [5.41, 5.74) is 5.29. The molecular formula is C9H9BrF2N2O2. The number of esters is 1. The Morgan fingerprint density at radius 1 is 1.69 bits per heavy atom. The fraction of sp³-hybridized carbons (Fsp3) is 0.333. The van der Waals surface area contributed by atoms with E-state index in [2.05, 4.69) is 25.7 Å². The summed E-state index contributed by atoms with van der Waals surface area (Å²) in [5, 5.41) is 0. The van der Waals surface area contributed by atoms with E-state index in [1.807, 2.05) is 0 Å². The highest BCUT2D eigenvalue weighted by molar-refractivity contribution is 9.10. The lowest BCUT2D eigenvalue weighted by Gasteiger charge is -2.09. The second-order valence-electron chi connectivity index (χ2n) is 2.94. The van der Waals surface area contributed by atoms with E-state index in [-0.39, 0.29) is 27.8 Å². The van der Waals surface area contributed by atoms with Gasteiger partial charge in [-0.3, -0.25) is 9.78 Å².